The molecule has 0 saturated carbocycles. The predicted molar refractivity (Wildman–Crippen MR) is 64.6 cm³/mol. The molecular weight excluding hydrogens is 307 g/mol. The molecule has 2 heterocycles. The molecule has 0 radical (unpaired) electrons. The molecule has 1 aliphatic rings. The molecule has 0 aromatic carbocycles. The first-order chi connectivity index (χ1) is 7.27. The molecule has 5 nitrogen and oxygen atoms in total. The second-order valence-electron chi connectivity index (χ2n) is 3.32. The Labute approximate surface area is 101 Å². The van der Waals surface area contributed by atoms with E-state index in [1.807, 2.05) is 4.90 Å². The number of nitrogens with one attached hydrogen (secondary N) is 1. The van der Waals surface area contributed by atoms with Crippen molar-refractivity contribution >= 4 is 34.3 Å². The highest BCUT2D eigenvalue weighted by molar-refractivity contribution is 14.1. The number of hydrogen-bond acceptors (Lipinski definition) is 4. The number of carbonyl (C=O) groups excluding carboxylic acids is 1. The molecule has 1 aromatic rings. The standard InChI is InChI=1S/C9H11IN4O/c10-7-4-11-6-13-9(7)14-3-1-2-12-8(15)5-14/h4,6H,1-3,5H2,(H,12,15). The van der Waals surface area contributed by atoms with Crippen molar-refractivity contribution < 1.29 is 4.79 Å². The third-order valence-corrected chi connectivity index (χ3v) is 2.97. The summed E-state index contributed by atoms with van der Waals surface area (Å²) in [4.78, 5) is 21.5. The zero-order valence-corrected chi connectivity index (χ0v) is 10.3. The second-order valence-corrected chi connectivity index (χ2v) is 4.48. The van der Waals surface area contributed by atoms with Gasteiger partial charge in [0.15, 0.2) is 0 Å². The lowest BCUT2D eigenvalue weighted by Crippen LogP contribution is -2.33. The number of aromatic nitrogens is 2. The highest BCUT2D eigenvalue weighted by Crippen LogP contribution is 2.18. The first kappa shape index (κ1) is 10.6. The fourth-order valence-corrected chi connectivity index (χ4v) is 2.17. The van der Waals surface area contributed by atoms with E-state index in [9.17, 15) is 4.79 Å². The lowest BCUT2D eigenvalue weighted by molar-refractivity contribution is -0.119. The molecule has 0 atom stereocenters. The minimum Gasteiger partial charge on any atom is -0.354 e. The van der Waals surface area contributed by atoms with Crippen LogP contribution in [0.15, 0.2) is 12.5 Å². The summed E-state index contributed by atoms with van der Waals surface area (Å²) in [7, 11) is 0. The predicted octanol–water partition coefficient (Wildman–Crippen LogP) is 0.407. The van der Waals surface area contributed by atoms with E-state index >= 15 is 0 Å². The maximum atomic E-state index is 11.4. The molecule has 2 rings (SSSR count). The van der Waals surface area contributed by atoms with Crippen LogP contribution >= 0.6 is 22.6 Å². The number of halogens is 1. The smallest absolute Gasteiger partial charge is 0.239 e. The van der Waals surface area contributed by atoms with Crippen LogP contribution in [0.4, 0.5) is 5.82 Å². The van der Waals surface area contributed by atoms with Gasteiger partial charge in [0.2, 0.25) is 5.91 Å². The number of carbonyl (C=O) groups is 1. The minimum absolute atomic E-state index is 0.0573. The molecule has 6 heteroatoms. The van der Waals surface area contributed by atoms with Crippen LogP contribution in [0.25, 0.3) is 0 Å². The van der Waals surface area contributed by atoms with Gasteiger partial charge in [-0.3, -0.25) is 4.79 Å². The molecule has 1 saturated heterocycles. The number of hydrogen-bond donors (Lipinski definition) is 1. The highest BCUT2D eigenvalue weighted by atomic mass is 127. The number of rotatable bonds is 1. The van der Waals surface area contributed by atoms with Crippen LogP contribution < -0.4 is 10.2 Å². The van der Waals surface area contributed by atoms with E-state index in [2.05, 4.69) is 37.9 Å². The van der Waals surface area contributed by atoms with E-state index < -0.39 is 0 Å². The van der Waals surface area contributed by atoms with Gasteiger partial charge in [0.25, 0.3) is 0 Å². The zero-order valence-electron chi connectivity index (χ0n) is 8.11. The van der Waals surface area contributed by atoms with Crippen LogP contribution in [0.2, 0.25) is 0 Å². The molecule has 1 aliphatic heterocycles. The van der Waals surface area contributed by atoms with E-state index in [0.29, 0.717) is 6.54 Å². The summed E-state index contributed by atoms with van der Waals surface area (Å²) in [5, 5.41) is 2.84. The lowest BCUT2D eigenvalue weighted by atomic mass is 10.4. The van der Waals surface area contributed by atoms with Crippen molar-refractivity contribution in [1.29, 1.82) is 0 Å². The molecule has 15 heavy (non-hydrogen) atoms. The van der Waals surface area contributed by atoms with Crippen LogP contribution in [0, 0.1) is 3.57 Å². The van der Waals surface area contributed by atoms with E-state index in [1.165, 1.54) is 6.33 Å². The topological polar surface area (TPSA) is 58.1 Å². The summed E-state index contributed by atoms with van der Waals surface area (Å²) in [5.41, 5.74) is 0. The van der Waals surface area contributed by atoms with Crippen molar-refractivity contribution in [2.75, 3.05) is 24.5 Å². The third-order valence-electron chi connectivity index (χ3n) is 2.21. The van der Waals surface area contributed by atoms with Gasteiger partial charge in [-0.15, -0.1) is 0 Å². The van der Waals surface area contributed by atoms with Gasteiger partial charge < -0.3 is 10.2 Å². The molecule has 0 bridgehead atoms. The van der Waals surface area contributed by atoms with E-state index in [1.54, 1.807) is 6.20 Å². The Morgan fingerprint density at radius 1 is 1.53 bits per heavy atom. The molecule has 1 aromatic heterocycles. The molecule has 0 unspecified atom stereocenters. The molecular formula is C9H11IN4O. The Kier molecular flexibility index (Phi) is 3.34. The number of amides is 1. The molecule has 1 fully saturated rings. The Hall–Kier alpha value is -0.920. The van der Waals surface area contributed by atoms with Gasteiger partial charge in [-0.05, 0) is 29.0 Å². The van der Waals surface area contributed by atoms with Crippen LogP contribution in [-0.2, 0) is 4.79 Å². The summed E-state index contributed by atoms with van der Waals surface area (Å²) in [6, 6.07) is 0. The van der Waals surface area contributed by atoms with E-state index in [-0.39, 0.29) is 5.91 Å². The van der Waals surface area contributed by atoms with Gasteiger partial charge in [0.05, 0.1) is 10.1 Å². The normalized spacial score (nSPS) is 17.1. The van der Waals surface area contributed by atoms with Gasteiger partial charge in [0.1, 0.15) is 12.1 Å². The number of nitrogens with zero attached hydrogens (tertiary/aromatic N) is 3. The van der Waals surface area contributed by atoms with Crippen molar-refractivity contribution in [3.05, 3.63) is 16.1 Å². The van der Waals surface area contributed by atoms with Crippen molar-refractivity contribution in [2.24, 2.45) is 0 Å². The summed E-state index contributed by atoms with van der Waals surface area (Å²) >= 11 is 2.18. The molecule has 0 aliphatic carbocycles. The van der Waals surface area contributed by atoms with Crippen LogP contribution in [0.3, 0.4) is 0 Å². The first-order valence-electron chi connectivity index (χ1n) is 4.74. The SMILES string of the molecule is O=C1CN(c2ncncc2I)CCCN1. The zero-order chi connectivity index (χ0) is 10.7. The second kappa shape index (κ2) is 4.73. The van der Waals surface area contributed by atoms with E-state index in [0.717, 1.165) is 28.9 Å². The summed E-state index contributed by atoms with van der Waals surface area (Å²) in [6.45, 7) is 1.98. The number of anilines is 1. The Morgan fingerprint density at radius 3 is 3.20 bits per heavy atom. The lowest BCUT2D eigenvalue weighted by Gasteiger charge is -2.20. The monoisotopic (exact) mass is 318 g/mol. The van der Waals surface area contributed by atoms with Crippen molar-refractivity contribution in [1.82, 2.24) is 15.3 Å². The van der Waals surface area contributed by atoms with Gasteiger partial charge in [-0.2, -0.15) is 0 Å². The van der Waals surface area contributed by atoms with Gasteiger partial charge in [-0.1, -0.05) is 0 Å². The van der Waals surface area contributed by atoms with Crippen LogP contribution in [-0.4, -0.2) is 35.5 Å². The third kappa shape index (κ3) is 2.55. The van der Waals surface area contributed by atoms with Gasteiger partial charge in [-0.25, -0.2) is 9.97 Å². The van der Waals surface area contributed by atoms with Crippen molar-refractivity contribution in [3.63, 3.8) is 0 Å². The maximum absolute atomic E-state index is 11.4. The molecule has 80 valence electrons. The average Bonchev–Trinajstić information content (AvgIpc) is 2.43. The summed E-state index contributed by atoms with van der Waals surface area (Å²) in [5.74, 6) is 0.907. The highest BCUT2D eigenvalue weighted by Gasteiger charge is 2.17. The van der Waals surface area contributed by atoms with Crippen LogP contribution in [0.5, 0.6) is 0 Å². The largest absolute Gasteiger partial charge is 0.354 e. The van der Waals surface area contributed by atoms with E-state index in [4.69, 9.17) is 0 Å². The van der Waals surface area contributed by atoms with Gasteiger partial charge in [0, 0.05) is 19.3 Å². The Morgan fingerprint density at radius 2 is 2.40 bits per heavy atom. The van der Waals surface area contributed by atoms with Crippen molar-refractivity contribution in [3.8, 4) is 0 Å². The fourth-order valence-electron chi connectivity index (χ4n) is 1.53. The Balaban J connectivity index is 2.22. The molecule has 0 spiro atoms. The summed E-state index contributed by atoms with van der Waals surface area (Å²) < 4.78 is 0.977. The van der Waals surface area contributed by atoms with Crippen LogP contribution in [0.1, 0.15) is 6.42 Å². The molecule has 1 amide bonds. The molecule has 1 N–H and O–H groups in total. The van der Waals surface area contributed by atoms with Gasteiger partial charge >= 0.3 is 0 Å². The summed E-state index contributed by atoms with van der Waals surface area (Å²) in [6.07, 6.45) is 4.22. The fraction of sp³-hybridized carbons (Fsp3) is 0.444. The average molecular weight is 318 g/mol. The minimum atomic E-state index is 0.0573. The first-order valence-corrected chi connectivity index (χ1v) is 5.82. The maximum Gasteiger partial charge on any atom is 0.239 e. The Bertz CT molecular complexity index is 371. The van der Waals surface area contributed by atoms with Crippen molar-refractivity contribution in [2.45, 2.75) is 6.42 Å². The quantitative estimate of drug-likeness (QED) is 0.762.